The summed E-state index contributed by atoms with van der Waals surface area (Å²) in [5, 5.41) is 10.6. The maximum Gasteiger partial charge on any atom is 0.336 e. The average molecular weight is 250 g/mol. The summed E-state index contributed by atoms with van der Waals surface area (Å²) in [5.74, 6) is -0.504. The van der Waals surface area contributed by atoms with Gasteiger partial charge in [-0.15, -0.1) is 0 Å². The van der Waals surface area contributed by atoms with Gasteiger partial charge in [-0.05, 0) is 37.0 Å². The predicted molar refractivity (Wildman–Crippen MR) is 67.6 cm³/mol. The van der Waals surface area contributed by atoms with Crippen LogP contribution >= 0.6 is 0 Å². The van der Waals surface area contributed by atoms with Gasteiger partial charge in [0.05, 0.1) is 0 Å². The fraction of sp³-hybridized carbons (Fsp3) is 0.800. The van der Waals surface area contributed by atoms with Crippen LogP contribution in [-0.2, 0) is 9.53 Å². The van der Waals surface area contributed by atoms with Crippen molar-refractivity contribution >= 4 is 5.97 Å². The second-order valence-electron chi connectivity index (χ2n) is 6.69. The topological polar surface area (TPSA) is 46.5 Å². The summed E-state index contributed by atoms with van der Waals surface area (Å²) < 4.78 is 5.24. The molecule has 2 fully saturated rings. The Kier molecular flexibility index (Phi) is 2.44. The molecule has 1 N–H and O–H groups in total. The van der Waals surface area contributed by atoms with E-state index in [1.807, 2.05) is 0 Å². The molecule has 0 spiro atoms. The van der Waals surface area contributed by atoms with Gasteiger partial charge in [0.2, 0.25) is 5.79 Å². The van der Waals surface area contributed by atoms with Crippen molar-refractivity contribution in [3.05, 3.63) is 11.1 Å². The van der Waals surface area contributed by atoms with E-state index in [2.05, 4.69) is 13.8 Å². The van der Waals surface area contributed by atoms with E-state index in [-0.39, 0.29) is 11.4 Å². The molecule has 0 bridgehead atoms. The molecule has 0 aromatic rings. The highest BCUT2D eigenvalue weighted by Gasteiger charge is 2.57. The van der Waals surface area contributed by atoms with Crippen LogP contribution in [-0.4, -0.2) is 16.9 Å². The molecule has 2 aliphatic carbocycles. The minimum atomic E-state index is -1.29. The second kappa shape index (κ2) is 3.60. The molecular weight excluding hydrogens is 228 g/mol. The number of aliphatic hydroxyl groups is 1. The number of fused-ring (bicyclic) bond motifs is 2. The van der Waals surface area contributed by atoms with Gasteiger partial charge < -0.3 is 9.84 Å². The Balaban J connectivity index is 2.02. The monoisotopic (exact) mass is 250 g/mol. The quantitative estimate of drug-likeness (QED) is 0.672. The molecule has 1 heterocycles. The molecule has 3 nitrogen and oxygen atoms in total. The number of carbonyl (C=O) groups excluding carboxylic acids is 1. The lowest BCUT2D eigenvalue weighted by atomic mass is 9.54. The Bertz CT molecular complexity index is 439. The van der Waals surface area contributed by atoms with Crippen molar-refractivity contribution in [1.82, 2.24) is 0 Å². The van der Waals surface area contributed by atoms with Crippen LogP contribution in [0, 0.1) is 17.3 Å². The molecule has 0 amide bonds. The van der Waals surface area contributed by atoms with Gasteiger partial charge in [0.25, 0.3) is 0 Å². The third kappa shape index (κ3) is 1.43. The molecule has 2 saturated carbocycles. The lowest BCUT2D eigenvalue weighted by Crippen LogP contribution is -2.50. The number of carbonyl (C=O) groups is 1. The highest BCUT2D eigenvalue weighted by atomic mass is 16.7. The normalized spacial score (nSPS) is 47.7. The standard InChI is InChI=1S/C15H22O3/c1-9-5-4-6-11-7-15(17)12(8-14(9,11)3)10(2)13(16)18-15/h9,11,17H,4-8H2,1-3H3/t9-,11+,14+,15+/m0/s1. The molecule has 3 heteroatoms. The SMILES string of the molecule is CC1=C2C[C@@]3(C)[C@H](CCC[C@@H]3C)C[C@@]2(O)OC1=O. The van der Waals surface area contributed by atoms with Gasteiger partial charge in [0.1, 0.15) is 0 Å². The number of hydrogen-bond donors (Lipinski definition) is 1. The summed E-state index contributed by atoms with van der Waals surface area (Å²) in [4.78, 5) is 11.7. The molecule has 0 unspecified atom stereocenters. The van der Waals surface area contributed by atoms with Crippen molar-refractivity contribution in [3.63, 3.8) is 0 Å². The number of ether oxygens (including phenoxy) is 1. The molecule has 3 aliphatic rings. The summed E-state index contributed by atoms with van der Waals surface area (Å²) in [7, 11) is 0. The Hall–Kier alpha value is -0.830. The minimum Gasteiger partial charge on any atom is -0.426 e. The first kappa shape index (κ1) is 12.2. The summed E-state index contributed by atoms with van der Waals surface area (Å²) in [6, 6.07) is 0. The van der Waals surface area contributed by atoms with Crippen LogP contribution in [0.3, 0.4) is 0 Å². The summed E-state index contributed by atoms with van der Waals surface area (Å²) in [5.41, 5.74) is 1.70. The van der Waals surface area contributed by atoms with E-state index in [0.29, 0.717) is 23.8 Å². The lowest BCUT2D eigenvalue weighted by Gasteiger charge is -2.53. The second-order valence-corrected chi connectivity index (χ2v) is 6.69. The fourth-order valence-electron chi connectivity index (χ4n) is 4.24. The van der Waals surface area contributed by atoms with Crippen LogP contribution in [0.15, 0.2) is 11.1 Å². The van der Waals surface area contributed by atoms with Gasteiger partial charge in [-0.1, -0.05) is 26.7 Å². The number of rotatable bonds is 0. The molecule has 0 radical (unpaired) electrons. The van der Waals surface area contributed by atoms with Crippen LogP contribution in [0.4, 0.5) is 0 Å². The van der Waals surface area contributed by atoms with Gasteiger partial charge in [-0.2, -0.15) is 0 Å². The highest BCUT2D eigenvalue weighted by molar-refractivity contribution is 5.92. The molecule has 18 heavy (non-hydrogen) atoms. The van der Waals surface area contributed by atoms with Crippen LogP contribution in [0.5, 0.6) is 0 Å². The van der Waals surface area contributed by atoms with E-state index >= 15 is 0 Å². The molecule has 1 aliphatic heterocycles. The predicted octanol–water partition coefficient (Wildman–Crippen LogP) is 2.78. The van der Waals surface area contributed by atoms with Crippen LogP contribution in [0.2, 0.25) is 0 Å². The van der Waals surface area contributed by atoms with Crippen LogP contribution in [0.25, 0.3) is 0 Å². The Labute approximate surface area is 108 Å². The summed E-state index contributed by atoms with van der Waals surface area (Å²) in [6.07, 6.45) is 5.03. The maximum absolute atomic E-state index is 11.7. The third-order valence-corrected chi connectivity index (χ3v) is 5.82. The Morgan fingerprint density at radius 3 is 2.83 bits per heavy atom. The van der Waals surface area contributed by atoms with E-state index in [1.165, 1.54) is 12.8 Å². The molecule has 3 rings (SSSR count). The Morgan fingerprint density at radius 2 is 2.11 bits per heavy atom. The van der Waals surface area contributed by atoms with Gasteiger partial charge in [-0.3, -0.25) is 0 Å². The first-order valence-corrected chi connectivity index (χ1v) is 7.03. The van der Waals surface area contributed by atoms with Gasteiger partial charge >= 0.3 is 5.97 Å². The Morgan fingerprint density at radius 1 is 1.39 bits per heavy atom. The largest absolute Gasteiger partial charge is 0.426 e. The van der Waals surface area contributed by atoms with E-state index in [0.717, 1.165) is 18.4 Å². The fourth-order valence-corrected chi connectivity index (χ4v) is 4.24. The van der Waals surface area contributed by atoms with Crippen molar-refractivity contribution in [2.75, 3.05) is 0 Å². The molecule has 0 aromatic heterocycles. The van der Waals surface area contributed by atoms with E-state index < -0.39 is 5.79 Å². The smallest absolute Gasteiger partial charge is 0.336 e. The molecular formula is C15H22O3. The number of hydrogen-bond acceptors (Lipinski definition) is 3. The molecule has 0 saturated heterocycles. The number of esters is 1. The minimum absolute atomic E-state index is 0.217. The van der Waals surface area contributed by atoms with Gasteiger partial charge in [-0.25, -0.2) is 4.79 Å². The zero-order valence-electron chi connectivity index (χ0n) is 11.5. The first-order valence-electron chi connectivity index (χ1n) is 7.03. The van der Waals surface area contributed by atoms with Gasteiger partial charge in [0, 0.05) is 17.6 Å². The highest BCUT2D eigenvalue weighted by Crippen LogP contribution is 2.59. The summed E-state index contributed by atoms with van der Waals surface area (Å²) >= 11 is 0. The maximum atomic E-state index is 11.7. The third-order valence-electron chi connectivity index (χ3n) is 5.82. The lowest BCUT2D eigenvalue weighted by molar-refractivity contribution is -0.204. The van der Waals surface area contributed by atoms with E-state index in [1.54, 1.807) is 6.92 Å². The zero-order chi connectivity index (χ0) is 13.1. The zero-order valence-corrected chi connectivity index (χ0v) is 11.5. The van der Waals surface area contributed by atoms with Crippen molar-refractivity contribution in [2.24, 2.45) is 17.3 Å². The van der Waals surface area contributed by atoms with Crippen LogP contribution in [0.1, 0.15) is 52.9 Å². The van der Waals surface area contributed by atoms with Gasteiger partial charge in [0.15, 0.2) is 0 Å². The van der Waals surface area contributed by atoms with E-state index in [4.69, 9.17) is 4.74 Å². The van der Waals surface area contributed by atoms with E-state index in [9.17, 15) is 9.90 Å². The van der Waals surface area contributed by atoms with Crippen molar-refractivity contribution < 1.29 is 14.6 Å². The van der Waals surface area contributed by atoms with Crippen molar-refractivity contribution in [2.45, 2.75) is 58.7 Å². The first-order chi connectivity index (χ1) is 8.37. The van der Waals surface area contributed by atoms with Crippen molar-refractivity contribution in [1.29, 1.82) is 0 Å². The van der Waals surface area contributed by atoms with Crippen LogP contribution < -0.4 is 0 Å². The summed E-state index contributed by atoms with van der Waals surface area (Å²) in [6.45, 7) is 6.42. The molecule has 100 valence electrons. The molecule has 0 aromatic carbocycles. The molecule has 4 atom stereocenters. The average Bonchev–Trinajstić information content (AvgIpc) is 2.50. The van der Waals surface area contributed by atoms with Crippen molar-refractivity contribution in [3.8, 4) is 0 Å².